The summed E-state index contributed by atoms with van der Waals surface area (Å²) in [6.45, 7) is 18.2. The van der Waals surface area contributed by atoms with E-state index in [0.29, 0.717) is 32.6 Å². The van der Waals surface area contributed by atoms with Gasteiger partial charge in [0.15, 0.2) is 0 Å². The average Bonchev–Trinajstić information content (AvgIpc) is 3.53. The first-order valence-electron chi connectivity index (χ1n) is 13.3. The molecule has 2 aromatic heterocycles. The number of likely N-dealkylation sites (N-methyl/N-ethyl adjacent to an activating group) is 1. The first kappa shape index (κ1) is 30.4. The second-order valence-corrected chi connectivity index (χ2v) is 9.88. The van der Waals surface area contributed by atoms with Crippen molar-refractivity contribution in [3.05, 3.63) is 81.7 Å². The van der Waals surface area contributed by atoms with Gasteiger partial charge in [-0.2, -0.15) is 0 Å². The molecular formula is C31H38Cl2N4O2. The molecule has 0 bridgehead atoms. The van der Waals surface area contributed by atoms with Crippen LogP contribution in [-0.2, 0) is 11.3 Å². The lowest BCUT2D eigenvalue weighted by atomic mass is 9.92. The fourth-order valence-corrected chi connectivity index (χ4v) is 5.09. The fraction of sp³-hybridized carbons (Fsp3) is 0.323. The van der Waals surface area contributed by atoms with Gasteiger partial charge in [0.2, 0.25) is 0 Å². The Morgan fingerprint density at radius 1 is 1.13 bits per heavy atom. The normalized spacial score (nSPS) is 11.0. The van der Waals surface area contributed by atoms with Crippen molar-refractivity contribution in [2.24, 2.45) is 0 Å². The molecule has 2 heterocycles. The van der Waals surface area contributed by atoms with Gasteiger partial charge in [-0.3, -0.25) is 0 Å². The maximum Gasteiger partial charge on any atom is 0.355 e. The maximum absolute atomic E-state index is 12.9. The number of esters is 1. The Hall–Kier alpha value is -3.19. The number of anilines is 1. The third kappa shape index (κ3) is 6.19. The highest BCUT2D eigenvalue weighted by atomic mass is 35.5. The van der Waals surface area contributed by atoms with Crippen molar-refractivity contribution in [3.63, 3.8) is 0 Å². The highest BCUT2D eigenvalue weighted by Gasteiger charge is 2.25. The molecule has 2 aromatic carbocycles. The Kier molecular flexibility index (Phi) is 10.3. The second kappa shape index (κ2) is 13.2. The van der Waals surface area contributed by atoms with Crippen LogP contribution < -0.4 is 5.73 Å². The molecule has 208 valence electrons. The fourth-order valence-electron chi connectivity index (χ4n) is 4.75. The Morgan fingerprint density at radius 3 is 2.46 bits per heavy atom. The van der Waals surface area contributed by atoms with Crippen LogP contribution in [0.5, 0.6) is 0 Å². The lowest BCUT2D eigenvalue weighted by Gasteiger charge is -2.18. The number of methoxy groups -OCH3 is 1. The molecule has 0 atom stereocenters. The first-order chi connectivity index (χ1) is 18.7. The largest absolute Gasteiger partial charge is 0.464 e. The third-order valence-corrected chi connectivity index (χ3v) is 7.56. The molecule has 3 N–H and O–H groups in total. The Morgan fingerprint density at radius 2 is 1.82 bits per heavy atom. The molecule has 0 saturated heterocycles. The molecule has 6 nitrogen and oxygen atoms in total. The molecule has 0 aliphatic carbocycles. The third-order valence-electron chi connectivity index (χ3n) is 6.91. The molecular weight excluding hydrogens is 531 g/mol. The van der Waals surface area contributed by atoms with Crippen molar-refractivity contribution in [2.45, 2.75) is 41.2 Å². The highest BCUT2D eigenvalue weighted by Crippen LogP contribution is 2.41. The van der Waals surface area contributed by atoms with Gasteiger partial charge in [0, 0.05) is 74.4 Å². The highest BCUT2D eigenvalue weighted by molar-refractivity contribution is 6.32. The van der Waals surface area contributed by atoms with Gasteiger partial charge in [-0.25, -0.2) is 4.79 Å². The van der Waals surface area contributed by atoms with Gasteiger partial charge in [0.1, 0.15) is 5.69 Å². The predicted molar refractivity (Wildman–Crippen MR) is 166 cm³/mol. The summed E-state index contributed by atoms with van der Waals surface area (Å²) in [4.78, 5) is 18.4. The maximum atomic E-state index is 12.9. The number of halogens is 2. The van der Waals surface area contributed by atoms with Crippen LogP contribution in [0.4, 0.5) is 5.69 Å². The van der Waals surface area contributed by atoms with E-state index in [4.69, 9.17) is 33.7 Å². The number of aromatic amines is 1. The van der Waals surface area contributed by atoms with Crippen LogP contribution in [0.1, 0.15) is 54.9 Å². The standard InChI is InChI=1S/C29H32Cl2N4O2.C2H6/c1-6-34(7-2)10-11-35-16-23(21-13-19(30)8-9-26(21)35)27-22(15-33-28(27)29(36)37-5)18(4)20-12-17(3)24(31)14-25(20)32;1-2/h8-9,12-16,33H,4,6-7,10-11,32H2,1-3,5H3;1-2H3. The molecule has 0 spiro atoms. The molecule has 0 fully saturated rings. The van der Waals surface area contributed by atoms with Gasteiger partial charge in [-0.15, -0.1) is 0 Å². The van der Waals surface area contributed by atoms with E-state index in [1.54, 1.807) is 12.3 Å². The minimum absolute atomic E-state index is 0.339. The van der Waals surface area contributed by atoms with Gasteiger partial charge < -0.3 is 24.9 Å². The SMILES string of the molecule is C=C(c1cc(C)c(Cl)cc1N)c1c[nH]c(C(=O)OC)c1-c1cn(CCN(CC)CC)c2ccc(Cl)cc12.CC. The number of nitrogens with zero attached hydrogens (tertiary/aromatic N) is 2. The number of rotatable bonds is 9. The van der Waals surface area contributed by atoms with Gasteiger partial charge in [-0.1, -0.05) is 57.5 Å². The predicted octanol–water partition coefficient (Wildman–Crippen LogP) is 8.05. The van der Waals surface area contributed by atoms with Gasteiger partial charge in [-0.05, 0) is 61.5 Å². The second-order valence-electron chi connectivity index (χ2n) is 9.04. The van der Waals surface area contributed by atoms with E-state index < -0.39 is 5.97 Å². The molecule has 4 aromatic rings. The molecule has 0 saturated carbocycles. The number of ether oxygens (including phenoxy) is 1. The first-order valence-corrected chi connectivity index (χ1v) is 14.0. The Bertz CT molecular complexity index is 1480. The molecule has 8 heteroatoms. The van der Waals surface area contributed by atoms with Crippen molar-refractivity contribution < 1.29 is 9.53 Å². The van der Waals surface area contributed by atoms with Gasteiger partial charge in [0.25, 0.3) is 0 Å². The number of carbonyl (C=O) groups excluding carboxylic acids is 1. The van der Waals surface area contributed by atoms with Crippen LogP contribution in [-0.4, -0.2) is 47.2 Å². The van der Waals surface area contributed by atoms with Crippen molar-refractivity contribution in [3.8, 4) is 11.1 Å². The summed E-state index contributed by atoms with van der Waals surface area (Å²) in [5, 5.41) is 2.14. The number of fused-ring (bicyclic) bond motifs is 1. The number of H-pyrrole nitrogens is 1. The van der Waals surface area contributed by atoms with Crippen LogP contribution in [0.25, 0.3) is 27.6 Å². The minimum atomic E-state index is -0.472. The Balaban J connectivity index is 0.00000205. The topological polar surface area (TPSA) is 76.3 Å². The summed E-state index contributed by atoms with van der Waals surface area (Å²) in [7, 11) is 1.37. The van der Waals surface area contributed by atoms with E-state index >= 15 is 0 Å². The number of hydrogen-bond donors (Lipinski definition) is 2. The van der Waals surface area contributed by atoms with E-state index in [2.05, 4.69) is 41.1 Å². The van der Waals surface area contributed by atoms with Crippen LogP contribution in [0.2, 0.25) is 10.0 Å². The number of aryl methyl sites for hydroxylation is 1. The quantitative estimate of drug-likeness (QED) is 0.158. The van der Waals surface area contributed by atoms with E-state index in [9.17, 15) is 4.79 Å². The number of benzene rings is 2. The summed E-state index contributed by atoms with van der Waals surface area (Å²) in [6.07, 6.45) is 3.85. The Labute approximate surface area is 241 Å². The summed E-state index contributed by atoms with van der Waals surface area (Å²) >= 11 is 12.7. The molecule has 0 unspecified atom stereocenters. The van der Waals surface area contributed by atoms with Crippen molar-refractivity contribution in [1.82, 2.24) is 14.5 Å². The number of nitrogen functional groups attached to an aromatic ring is 1. The van der Waals surface area contributed by atoms with E-state index in [-0.39, 0.29) is 0 Å². The number of carbonyl (C=O) groups is 1. The van der Waals surface area contributed by atoms with Crippen LogP contribution >= 0.6 is 23.2 Å². The zero-order chi connectivity index (χ0) is 28.9. The molecule has 0 radical (unpaired) electrons. The van der Waals surface area contributed by atoms with Gasteiger partial charge in [0.05, 0.1) is 7.11 Å². The number of aromatic nitrogens is 2. The molecule has 39 heavy (non-hydrogen) atoms. The average molecular weight is 570 g/mol. The number of hydrogen-bond acceptors (Lipinski definition) is 4. The summed E-state index contributed by atoms with van der Waals surface area (Å²) in [6, 6.07) is 9.48. The van der Waals surface area contributed by atoms with Crippen LogP contribution in [0, 0.1) is 6.92 Å². The lowest BCUT2D eigenvalue weighted by molar-refractivity contribution is 0.0595. The number of nitrogens with two attached hydrogens (primary N) is 1. The van der Waals surface area contributed by atoms with Crippen LogP contribution in [0.3, 0.4) is 0 Å². The zero-order valence-electron chi connectivity index (χ0n) is 23.6. The molecule has 0 amide bonds. The summed E-state index contributed by atoms with van der Waals surface area (Å²) < 4.78 is 7.33. The monoisotopic (exact) mass is 568 g/mol. The minimum Gasteiger partial charge on any atom is -0.464 e. The van der Waals surface area contributed by atoms with Crippen molar-refractivity contribution in [1.29, 1.82) is 0 Å². The van der Waals surface area contributed by atoms with Gasteiger partial charge >= 0.3 is 5.97 Å². The lowest BCUT2D eigenvalue weighted by Crippen LogP contribution is -2.26. The smallest absolute Gasteiger partial charge is 0.355 e. The summed E-state index contributed by atoms with van der Waals surface area (Å²) in [5.41, 5.74) is 12.8. The molecule has 4 rings (SSSR count). The zero-order valence-corrected chi connectivity index (χ0v) is 25.1. The molecule has 0 aliphatic heterocycles. The van der Waals surface area contributed by atoms with E-state index in [1.165, 1.54) is 7.11 Å². The summed E-state index contributed by atoms with van der Waals surface area (Å²) in [5.74, 6) is -0.472. The van der Waals surface area contributed by atoms with E-state index in [0.717, 1.165) is 59.3 Å². The van der Waals surface area contributed by atoms with Crippen molar-refractivity contribution >= 4 is 51.3 Å². The van der Waals surface area contributed by atoms with Crippen molar-refractivity contribution in [2.75, 3.05) is 32.5 Å². The number of nitrogens with one attached hydrogen (secondary N) is 1. The van der Waals surface area contributed by atoms with Crippen LogP contribution in [0.15, 0.2) is 49.3 Å². The molecule has 0 aliphatic rings. The van der Waals surface area contributed by atoms with E-state index in [1.807, 2.05) is 45.0 Å².